The Kier molecular flexibility index (Phi) is 3.17. The lowest BCUT2D eigenvalue weighted by Gasteiger charge is -2.21. The summed E-state index contributed by atoms with van der Waals surface area (Å²) in [6.45, 7) is 0. The van der Waals surface area contributed by atoms with Crippen LogP contribution in [0.15, 0.2) is 24.3 Å². The highest BCUT2D eigenvalue weighted by molar-refractivity contribution is 6.32. The number of methoxy groups -OCH3 is 2. The Morgan fingerprint density at radius 3 is 2.09 bits per heavy atom. The molecule has 4 rings (SSSR count). The van der Waals surface area contributed by atoms with Gasteiger partial charge in [-0.3, -0.25) is 9.59 Å². The number of carbonyl (C=O) groups is 2. The van der Waals surface area contributed by atoms with E-state index in [0.717, 1.165) is 6.42 Å². The Bertz CT molecular complexity index is 714. The number of anilines is 1. The molecule has 1 saturated carbocycles. The van der Waals surface area contributed by atoms with Crippen molar-refractivity contribution in [3.8, 4) is 11.5 Å². The third kappa shape index (κ3) is 1.86. The maximum Gasteiger partial charge on any atom is 0.238 e. The number of nitrogens with zero attached hydrogens (tertiary/aromatic N) is 1. The molecule has 3 aliphatic rings. The lowest BCUT2D eigenvalue weighted by molar-refractivity contribution is -0.123. The van der Waals surface area contributed by atoms with E-state index in [1.54, 1.807) is 12.1 Å². The topological polar surface area (TPSA) is 55.8 Å². The highest BCUT2D eigenvalue weighted by atomic mass is 35.5. The number of benzene rings is 1. The molecule has 0 unspecified atom stereocenters. The minimum Gasteiger partial charge on any atom is -0.495 e. The maximum atomic E-state index is 12.9. The fourth-order valence-electron chi connectivity index (χ4n) is 4.16. The number of rotatable bonds is 3. The van der Waals surface area contributed by atoms with E-state index in [-0.39, 0.29) is 35.5 Å². The molecule has 2 fully saturated rings. The Hall–Kier alpha value is -2.01. The van der Waals surface area contributed by atoms with E-state index in [0.29, 0.717) is 22.2 Å². The molecule has 1 saturated heterocycles. The van der Waals surface area contributed by atoms with E-state index in [4.69, 9.17) is 21.1 Å². The molecule has 0 spiro atoms. The number of fused-ring (bicyclic) bond motifs is 5. The molecule has 2 aliphatic carbocycles. The van der Waals surface area contributed by atoms with E-state index >= 15 is 0 Å². The fourth-order valence-corrected chi connectivity index (χ4v) is 4.39. The quantitative estimate of drug-likeness (QED) is 0.630. The highest BCUT2D eigenvalue weighted by Gasteiger charge is 2.60. The SMILES string of the molecule is COc1cc(N2C(=O)[C@@H]3[C@H](C2=O)[C@H]2C=C[C@H]3C2)c(OC)cc1Cl. The van der Waals surface area contributed by atoms with Crippen molar-refractivity contribution in [3.63, 3.8) is 0 Å². The minimum atomic E-state index is -0.246. The summed E-state index contributed by atoms with van der Waals surface area (Å²) >= 11 is 6.11. The third-order valence-corrected chi connectivity index (χ3v) is 5.46. The van der Waals surface area contributed by atoms with Crippen LogP contribution in [0.4, 0.5) is 5.69 Å². The van der Waals surface area contributed by atoms with Crippen molar-refractivity contribution in [1.29, 1.82) is 0 Å². The van der Waals surface area contributed by atoms with Crippen LogP contribution in [0.1, 0.15) is 6.42 Å². The molecule has 2 amide bonds. The van der Waals surface area contributed by atoms with Gasteiger partial charge < -0.3 is 9.47 Å². The maximum absolute atomic E-state index is 12.9. The van der Waals surface area contributed by atoms with Crippen LogP contribution in [0.25, 0.3) is 0 Å². The van der Waals surface area contributed by atoms with Gasteiger partial charge in [0, 0.05) is 12.1 Å². The molecular formula is C17H16ClNO4. The molecule has 0 aromatic heterocycles. The number of hydrogen-bond donors (Lipinski definition) is 0. The second-order valence-corrected chi connectivity index (χ2v) is 6.58. The molecule has 1 aromatic carbocycles. The Balaban J connectivity index is 1.80. The summed E-state index contributed by atoms with van der Waals surface area (Å²) < 4.78 is 10.5. The first-order valence-electron chi connectivity index (χ1n) is 7.54. The molecule has 1 heterocycles. The summed E-state index contributed by atoms with van der Waals surface area (Å²) in [6.07, 6.45) is 5.04. The van der Waals surface area contributed by atoms with E-state index in [9.17, 15) is 9.59 Å². The third-order valence-electron chi connectivity index (χ3n) is 5.16. The van der Waals surface area contributed by atoms with Crippen LogP contribution in [0.5, 0.6) is 11.5 Å². The van der Waals surface area contributed by atoms with Gasteiger partial charge in [0.25, 0.3) is 0 Å². The van der Waals surface area contributed by atoms with Gasteiger partial charge in [-0.15, -0.1) is 0 Å². The van der Waals surface area contributed by atoms with Crippen molar-refractivity contribution in [1.82, 2.24) is 0 Å². The number of imide groups is 1. The largest absolute Gasteiger partial charge is 0.495 e. The molecule has 0 radical (unpaired) electrons. The molecule has 2 bridgehead atoms. The van der Waals surface area contributed by atoms with Crippen molar-refractivity contribution in [2.24, 2.45) is 23.7 Å². The summed E-state index contributed by atoms with van der Waals surface area (Å²) in [5.41, 5.74) is 0.401. The Morgan fingerprint density at radius 1 is 1.00 bits per heavy atom. The summed E-state index contributed by atoms with van der Waals surface area (Å²) in [5.74, 6) is 0.337. The summed E-state index contributed by atoms with van der Waals surface area (Å²) in [7, 11) is 2.97. The lowest BCUT2D eigenvalue weighted by atomic mass is 9.85. The van der Waals surface area contributed by atoms with Gasteiger partial charge >= 0.3 is 0 Å². The van der Waals surface area contributed by atoms with Crippen molar-refractivity contribution in [2.45, 2.75) is 6.42 Å². The predicted molar refractivity (Wildman–Crippen MR) is 84.8 cm³/mol. The number of allylic oxidation sites excluding steroid dienone is 2. The van der Waals surface area contributed by atoms with Gasteiger partial charge in [0.15, 0.2) is 0 Å². The Labute approximate surface area is 138 Å². The summed E-state index contributed by atoms with van der Waals surface area (Å²) in [6, 6.07) is 3.16. The van der Waals surface area contributed by atoms with Crippen molar-refractivity contribution in [3.05, 3.63) is 29.3 Å². The molecule has 0 N–H and O–H groups in total. The molecule has 6 heteroatoms. The number of amides is 2. The molecule has 1 aromatic rings. The van der Waals surface area contributed by atoms with Gasteiger partial charge in [-0.25, -0.2) is 4.90 Å². The van der Waals surface area contributed by atoms with Crippen LogP contribution in [-0.2, 0) is 9.59 Å². The zero-order valence-corrected chi connectivity index (χ0v) is 13.5. The van der Waals surface area contributed by atoms with Gasteiger partial charge in [-0.2, -0.15) is 0 Å². The van der Waals surface area contributed by atoms with E-state index < -0.39 is 0 Å². The molecular weight excluding hydrogens is 318 g/mol. The molecule has 4 atom stereocenters. The standard InChI is InChI=1S/C17H16ClNO4/c1-22-12-7-11(13(23-2)6-10(12)18)19-16(20)14-8-3-4-9(5-8)15(14)17(19)21/h3-4,6-9,14-15H,5H2,1-2H3/t8-,9-,14-,15+/m0/s1. The van der Waals surface area contributed by atoms with E-state index in [1.165, 1.54) is 19.1 Å². The van der Waals surface area contributed by atoms with Crippen LogP contribution in [-0.4, -0.2) is 26.0 Å². The second-order valence-electron chi connectivity index (χ2n) is 6.17. The zero-order chi connectivity index (χ0) is 16.3. The fraction of sp³-hybridized carbons (Fsp3) is 0.412. The van der Waals surface area contributed by atoms with Crippen LogP contribution in [0, 0.1) is 23.7 Å². The van der Waals surface area contributed by atoms with Crippen LogP contribution >= 0.6 is 11.6 Å². The monoisotopic (exact) mass is 333 g/mol. The van der Waals surface area contributed by atoms with Crippen LogP contribution in [0.2, 0.25) is 5.02 Å². The van der Waals surface area contributed by atoms with Crippen LogP contribution < -0.4 is 14.4 Å². The normalized spacial score (nSPS) is 31.0. The zero-order valence-electron chi connectivity index (χ0n) is 12.8. The first-order valence-corrected chi connectivity index (χ1v) is 7.92. The van der Waals surface area contributed by atoms with E-state index in [1.807, 2.05) is 0 Å². The smallest absolute Gasteiger partial charge is 0.238 e. The number of halogens is 1. The van der Waals surface area contributed by atoms with Crippen molar-refractivity contribution < 1.29 is 19.1 Å². The lowest BCUT2D eigenvalue weighted by Crippen LogP contribution is -2.33. The molecule has 1 aliphatic heterocycles. The van der Waals surface area contributed by atoms with Crippen molar-refractivity contribution >= 4 is 29.1 Å². The predicted octanol–water partition coefficient (Wildman–Crippen LogP) is 2.67. The van der Waals surface area contributed by atoms with Gasteiger partial charge in [0.1, 0.15) is 11.5 Å². The summed E-state index contributed by atoms with van der Waals surface area (Å²) in [5, 5.41) is 0.370. The Morgan fingerprint density at radius 2 is 1.57 bits per heavy atom. The van der Waals surface area contributed by atoms with Gasteiger partial charge in [-0.05, 0) is 18.3 Å². The first-order chi connectivity index (χ1) is 11.1. The number of carbonyl (C=O) groups excluding carboxylic acids is 2. The average Bonchev–Trinajstić information content (AvgIpc) is 3.22. The van der Waals surface area contributed by atoms with E-state index in [2.05, 4.69) is 12.2 Å². The summed E-state index contributed by atoms with van der Waals surface area (Å²) in [4.78, 5) is 27.0. The van der Waals surface area contributed by atoms with Gasteiger partial charge in [0.2, 0.25) is 11.8 Å². The average molecular weight is 334 g/mol. The van der Waals surface area contributed by atoms with Gasteiger partial charge in [-0.1, -0.05) is 23.8 Å². The van der Waals surface area contributed by atoms with Crippen LogP contribution in [0.3, 0.4) is 0 Å². The minimum absolute atomic E-state index is 0.153. The molecule has 23 heavy (non-hydrogen) atoms. The second kappa shape index (κ2) is 4.99. The number of hydrogen-bond acceptors (Lipinski definition) is 4. The van der Waals surface area contributed by atoms with Crippen molar-refractivity contribution in [2.75, 3.05) is 19.1 Å². The molecule has 5 nitrogen and oxygen atoms in total. The van der Waals surface area contributed by atoms with Gasteiger partial charge in [0.05, 0.1) is 36.8 Å². The highest BCUT2D eigenvalue weighted by Crippen LogP contribution is 2.54. The first kappa shape index (κ1) is 14.6. The molecule has 120 valence electrons. The number of ether oxygens (including phenoxy) is 2.